The summed E-state index contributed by atoms with van der Waals surface area (Å²) in [7, 11) is 0. The maximum Gasteiger partial charge on any atom is 0.138 e. The predicted molar refractivity (Wildman–Crippen MR) is 70.2 cm³/mol. The van der Waals surface area contributed by atoms with E-state index in [0.29, 0.717) is 0 Å². The van der Waals surface area contributed by atoms with Crippen LogP contribution in [0.1, 0.15) is 41.2 Å². The van der Waals surface area contributed by atoms with Gasteiger partial charge in [0.25, 0.3) is 0 Å². The van der Waals surface area contributed by atoms with E-state index >= 15 is 0 Å². The lowest BCUT2D eigenvalue weighted by molar-refractivity contribution is 0.390. The van der Waals surface area contributed by atoms with Crippen molar-refractivity contribution in [3.05, 3.63) is 46.6 Å². The zero-order valence-electron chi connectivity index (χ0n) is 11.3. The van der Waals surface area contributed by atoms with Gasteiger partial charge in [-0.25, -0.2) is 0 Å². The van der Waals surface area contributed by atoms with Crippen molar-refractivity contribution >= 4 is 0 Å². The van der Waals surface area contributed by atoms with Crippen LogP contribution >= 0.6 is 0 Å². The van der Waals surface area contributed by atoms with Crippen LogP contribution in [0, 0.1) is 20.8 Å². The highest BCUT2D eigenvalue weighted by atomic mass is 16.5. The Morgan fingerprint density at radius 1 is 1.28 bits per heavy atom. The summed E-state index contributed by atoms with van der Waals surface area (Å²) < 4.78 is 5.18. The number of rotatable bonds is 4. The van der Waals surface area contributed by atoms with Crippen LogP contribution in [-0.4, -0.2) is 10.1 Å². The van der Waals surface area contributed by atoms with Crippen LogP contribution < -0.4 is 5.32 Å². The molecule has 0 bridgehead atoms. The van der Waals surface area contributed by atoms with Crippen LogP contribution in [0.5, 0.6) is 0 Å². The Labute approximate surface area is 107 Å². The van der Waals surface area contributed by atoms with Crippen LogP contribution in [0.25, 0.3) is 0 Å². The Hall–Kier alpha value is -1.68. The van der Waals surface area contributed by atoms with E-state index in [4.69, 9.17) is 4.52 Å². The monoisotopic (exact) mass is 245 g/mol. The summed E-state index contributed by atoms with van der Waals surface area (Å²) >= 11 is 0. The van der Waals surface area contributed by atoms with Crippen molar-refractivity contribution in [2.75, 3.05) is 0 Å². The normalized spacial score (nSPS) is 12.7. The maximum atomic E-state index is 5.18. The van der Waals surface area contributed by atoms with Crippen molar-refractivity contribution < 1.29 is 4.52 Å². The Morgan fingerprint density at radius 3 is 2.61 bits per heavy atom. The molecule has 1 unspecified atom stereocenters. The molecule has 4 nitrogen and oxygen atoms in total. The predicted octanol–water partition coefficient (Wildman–Crippen LogP) is 2.85. The van der Waals surface area contributed by atoms with Crippen molar-refractivity contribution in [2.24, 2.45) is 0 Å². The molecule has 0 saturated carbocycles. The van der Waals surface area contributed by atoms with Crippen LogP contribution in [0.2, 0.25) is 0 Å². The number of pyridine rings is 1. The summed E-state index contributed by atoms with van der Waals surface area (Å²) in [6.07, 6.45) is 1.89. The quantitative estimate of drug-likeness (QED) is 0.900. The molecule has 0 aliphatic carbocycles. The van der Waals surface area contributed by atoms with Crippen LogP contribution in [-0.2, 0) is 6.54 Å². The molecule has 4 heteroatoms. The van der Waals surface area contributed by atoms with Gasteiger partial charge in [0.1, 0.15) is 5.76 Å². The highest BCUT2D eigenvalue weighted by Crippen LogP contribution is 2.21. The third-order valence-corrected chi connectivity index (χ3v) is 3.08. The zero-order chi connectivity index (χ0) is 13.1. The van der Waals surface area contributed by atoms with Gasteiger partial charge in [0, 0.05) is 24.3 Å². The molecule has 0 aromatic carbocycles. The molecule has 0 radical (unpaired) electrons. The smallest absolute Gasteiger partial charge is 0.138 e. The first-order valence-corrected chi connectivity index (χ1v) is 6.15. The summed E-state index contributed by atoms with van der Waals surface area (Å²) in [6, 6.07) is 4.33. The molecule has 2 heterocycles. The molecular weight excluding hydrogens is 226 g/mol. The first kappa shape index (κ1) is 12.8. The molecule has 18 heavy (non-hydrogen) atoms. The first-order valence-electron chi connectivity index (χ1n) is 6.15. The standard InChI is InChI=1S/C14H19N3O/c1-9-5-6-13(16-7-9)8-15-10(2)14-11(3)17-18-12(14)4/h5-7,10,15H,8H2,1-4H3. The van der Waals surface area contributed by atoms with Crippen molar-refractivity contribution in [1.29, 1.82) is 0 Å². The second-order valence-corrected chi connectivity index (χ2v) is 4.67. The maximum absolute atomic E-state index is 5.18. The van der Waals surface area contributed by atoms with Gasteiger partial charge in [-0.1, -0.05) is 11.2 Å². The largest absolute Gasteiger partial charge is 0.361 e. The Morgan fingerprint density at radius 2 is 2.06 bits per heavy atom. The van der Waals surface area contributed by atoms with Crippen molar-refractivity contribution in [3.63, 3.8) is 0 Å². The molecule has 1 N–H and O–H groups in total. The molecule has 0 aliphatic rings. The fourth-order valence-corrected chi connectivity index (χ4v) is 2.07. The number of hydrogen-bond acceptors (Lipinski definition) is 4. The third-order valence-electron chi connectivity index (χ3n) is 3.08. The Bertz CT molecular complexity index is 497. The molecule has 0 fully saturated rings. The number of hydrogen-bond donors (Lipinski definition) is 1. The number of nitrogens with zero attached hydrogens (tertiary/aromatic N) is 2. The Kier molecular flexibility index (Phi) is 3.77. The lowest BCUT2D eigenvalue weighted by Gasteiger charge is -2.13. The van der Waals surface area contributed by atoms with Gasteiger partial charge in [0.05, 0.1) is 11.4 Å². The highest BCUT2D eigenvalue weighted by molar-refractivity contribution is 5.24. The van der Waals surface area contributed by atoms with Gasteiger partial charge in [-0.15, -0.1) is 0 Å². The third kappa shape index (κ3) is 2.76. The SMILES string of the molecule is Cc1ccc(CNC(C)c2c(C)noc2C)nc1. The minimum absolute atomic E-state index is 0.208. The second kappa shape index (κ2) is 5.31. The second-order valence-electron chi connectivity index (χ2n) is 4.67. The van der Waals surface area contributed by atoms with Gasteiger partial charge in [-0.2, -0.15) is 0 Å². The van der Waals surface area contributed by atoms with E-state index in [1.54, 1.807) is 0 Å². The van der Waals surface area contributed by atoms with E-state index in [2.05, 4.69) is 28.4 Å². The van der Waals surface area contributed by atoms with Gasteiger partial charge in [-0.3, -0.25) is 4.98 Å². The summed E-state index contributed by atoms with van der Waals surface area (Å²) in [4.78, 5) is 4.37. The van der Waals surface area contributed by atoms with Crippen molar-refractivity contribution in [2.45, 2.75) is 40.3 Å². The molecule has 2 aromatic heterocycles. The lowest BCUT2D eigenvalue weighted by Crippen LogP contribution is -2.19. The molecule has 0 saturated heterocycles. The molecule has 0 spiro atoms. The first-order chi connectivity index (χ1) is 8.58. The topological polar surface area (TPSA) is 51.0 Å². The molecule has 2 aromatic rings. The van der Waals surface area contributed by atoms with Gasteiger partial charge >= 0.3 is 0 Å². The lowest BCUT2D eigenvalue weighted by atomic mass is 10.1. The summed E-state index contributed by atoms with van der Waals surface area (Å²) in [5.41, 5.74) is 4.31. The van der Waals surface area contributed by atoms with Crippen LogP contribution in [0.15, 0.2) is 22.9 Å². The van der Waals surface area contributed by atoms with Crippen molar-refractivity contribution in [3.8, 4) is 0 Å². The van der Waals surface area contributed by atoms with E-state index in [0.717, 1.165) is 29.3 Å². The summed E-state index contributed by atoms with van der Waals surface area (Å²) in [6.45, 7) is 8.80. The summed E-state index contributed by atoms with van der Waals surface area (Å²) in [5.74, 6) is 0.879. The van der Waals surface area contributed by atoms with Crippen LogP contribution in [0.3, 0.4) is 0 Å². The number of aromatic nitrogens is 2. The van der Waals surface area contributed by atoms with Crippen molar-refractivity contribution in [1.82, 2.24) is 15.5 Å². The van der Waals surface area contributed by atoms with Gasteiger partial charge in [-0.05, 0) is 39.3 Å². The average Bonchev–Trinajstić information content (AvgIpc) is 2.68. The van der Waals surface area contributed by atoms with Gasteiger partial charge in [0.2, 0.25) is 0 Å². The fraction of sp³-hybridized carbons (Fsp3) is 0.429. The number of aryl methyl sites for hydroxylation is 3. The molecule has 1 atom stereocenters. The molecule has 0 aliphatic heterocycles. The van der Waals surface area contributed by atoms with E-state index in [-0.39, 0.29) is 6.04 Å². The number of nitrogens with one attached hydrogen (secondary N) is 1. The minimum Gasteiger partial charge on any atom is -0.361 e. The van der Waals surface area contributed by atoms with Gasteiger partial charge in [0.15, 0.2) is 0 Å². The average molecular weight is 245 g/mol. The highest BCUT2D eigenvalue weighted by Gasteiger charge is 2.15. The fourth-order valence-electron chi connectivity index (χ4n) is 2.07. The van der Waals surface area contributed by atoms with E-state index < -0.39 is 0 Å². The van der Waals surface area contributed by atoms with E-state index in [1.807, 2.05) is 33.0 Å². The molecule has 0 amide bonds. The van der Waals surface area contributed by atoms with E-state index in [1.165, 1.54) is 5.56 Å². The zero-order valence-corrected chi connectivity index (χ0v) is 11.3. The Balaban J connectivity index is 2.00. The van der Waals surface area contributed by atoms with Crippen LogP contribution in [0.4, 0.5) is 0 Å². The minimum atomic E-state index is 0.208. The molecular formula is C14H19N3O. The molecule has 2 rings (SSSR count). The van der Waals surface area contributed by atoms with Gasteiger partial charge < -0.3 is 9.84 Å². The molecule has 96 valence electrons. The van der Waals surface area contributed by atoms with E-state index in [9.17, 15) is 0 Å². The summed E-state index contributed by atoms with van der Waals surface area (Å²) in [5, 5.41) is 7.41.